The fraction of sp³-hybridized carbons (Fsp3) is 0.474. The van der Waals surface area contributed by atoms with Crippen LogP contribution in [0.15, 0.2) is 22.8 Å². The molecule has 1 heterocycles. The molecule has 1 aliphatic carbocycles. The van der Waals surface area contributed by atoms with Crippen LogP contribution in [-0.2, 0) is 16.0 Å². The maximum absolute atomic E-state index is 12.7. The number of carboxylic acids is 1. The second-order valence-electron chi connectivity index (χ2n) is 6.89. The highest BCUT2D eigenvalue weighted by atomic mass is 16.4. The van der Waals surface area contributed by atoms with Crippen LogP contribution >= 0.6 is 0 Å². The Balaban J connectivity index is 1.80. The van der Waals surface area contributed by atoms with Crippen LogP contribution in [0.4, 0.5) is 0 Å². The Kier molecular flexibility index (Phi) is 4.35. The summed E-state index contributed by atoms with van der Waals surface area (Å²) in [6.07, 6.45) is 3.82. The first-order valence-corrected chi connectivity index (χ1v) is 8.36. The van der Waals surface area contributed by atoms with E-state index in [1.807, 2.05) is 19.9 Å². The Morgan fingerprint density at radius 2 is 1.96 bits per heavy atom. The molecule has 0 spiro atoms. The molecule has 1 unspecified atom stereocenters. The van der Waals surface area contributed by atoms with Crippen LogP contribution in [0.5, 0.6) is 0 Å². The lowest BCUT2D eigenvalue weighted by molar-refractivity contribution is -0.143. The van der Waals surface area contributed by atoms with Crippen molar-refractivity contribution in [3.8, 4) is 0 Å². The van der Waals surface area contributed by atoms with Crippen LogP contribution in [0.1, 0.15) is 36.5 Å². The van der Waals surface area contributed by atoms with E-state index in [-0.39, 0.29) is 24.9 Å². The third-order valence-corrected chi connectivity index (χ3v) is 4.81. The zero-order chi connectivity index (χ0) is 17.4. The van der Waals surface area contributed by atoms with Gasteiger partial charge in [-0.05, 0) is 49.9 Å². The molecule has 1 saturated carbocycles. The summed E-state index contributed by atoms with van der Waals surface area (Å²) in [4.78, 5) is 25.6. The van der Waals surface area contributed by atoms with Gasteiger partial charge in [-0.25, -0.2) is 0 Å². The van der Waals surface area contributed by atoms with Crippen molar-refractivity contribution in [1.29, 1.82) is 0 Å². The van der Waals surface area contributed by atoms with Gasteiger partial charge in [0.25, 0.3) is 0 Å². The van der Waals surface area contributed by atoms with Crippen LogP contribution in [-0.4, -0.2) is 34.5 Å². The van der Waals surface area contributed by atoms with Gasteiger partial charge in [-0.15, -0.1) is 0 Å². The lowest BCUT2D eigenvalue weighted by Gasteiger charge is -2.24. The smallest absolute Gasteiger partial charge is 0.308 e. The fourth-order valence-corrected chi connectivity index (χ4v) is 2.95. The lowest BCUT2D eigenvalue weighted by Crippen LogP contribution is -2.39. The van der Waals surface area contributed by atoms with Crippen LogP contribution in [0.25, 0.3) is 11.0 Å². The maximum atomic E-state index is 12.7. The van der Waals surface area contributed by atoms with Crippen molar-refractivity contribution in [2.24, 2.45) is 5.92 Å². The normalized spacial score (nSPS) is 15.5. The van der Waals surface area contributed by atoms with Crippen LogP contribution in [0, 0.1) is 19.8 Å². The molecule has 128 valence electrons. The van der Waals surface area contributed by atoms with Crippen molar-refractivity contribution in [3.63, 3.8) is 0 Å². The Hall–Kier alpha value is -2.30. The molecule has 0 bridgehead atoms. The maximum Gasteiger partial charge on any atom is 0.308 e. The number of nitrogens with zero attached hydrogens (tertiary/aromatic N) is 1. The number of carbonyl (C=O) groups excluding carboxylic acids is 1. The number of carboxylic acid groups (broad SMARTS) is 1. The van der Waals surface area contributed by atoms with E-state index in [1.165, 1.54) is 0 Å². The van der Waals surface area contributed by atoms with Gasteiger partial charge in [0.2, 0.25) is 5.91 Å². The molecule has 1 N–H and O–H groups in total. The van der Waals surface area contributed by atoms with E-state index < -0.39 is 11.9 Å². The second-order valence-corrected chi connectivity index (χ2v) is 6.89. The molecule has 5 nitrogen and oxygen atoms in total. The minimum Gasteiger partial charge on any atom is -0.481 e. The molecule has 2 aromatic rings. The molecule has 1 aromatic heterocycles. The number of hydrogen-bond acceptors (Lipinski definition) is 3. The van der Waals surface area contributed by atoms with Gasteiger partial charge in [-0.3, -0.25) is 9.59 Å². The minimum atomic E-state index is -0.867. The number of aliphatic carboxylic acids is 1. The zero-order valence-corrected chi connectivity index (χ0v) is 14.3. The number of fused-ring (bicyclic) bond motifs is 1. The molecular weight excluding hydrogens is 306 g/mol. The molecule has 1 fully saturated rings. The molecule has 0 radical (unpaired) electrons. The van der Waals surface area contributed by atoms with E-state index in [4.69, 9.17) is 9.52 Å². The molecule has 1 aliphatic rings. The first-order chi connectivity index (χ1) is 11.4. The summed E-state index contributed by atoms with van der Waals surface area (Å²) < 4.78 is 5.60. The number of hydrogen-bond donors (Lipinski definition) is 1. The van der Waals surface area contributed by atoms with Gasteiger partial charge in [-0.1, -0.05) is 6.92 Å². The monoisotopic (exact) mass is 329 g/mol. The highest BCUT2D eigenvalue weighted by Crippen LogP contribution is 2.30. The average Bonchev–Trinajstić information content (AvgIpc) is 3.30. The Bertz CT molecular complexity index is 788. The van der Waals surface area contributed by atoms with Crippen LogP contribution < -0.4 is 0 Å². The number of amides is 1. The molecule has 1 atom stereocenters. The van der Waals surface area contributed by atoms with E-state index in [2.05, 4.69) is 6.07 Å². The van der Waals surface area contributed by atoms with Crippen molar-refractivity contribution in [3.05, 3.63) is 35.1 Å². The summed E-state index contributed by atoms with van der Waals surface area (Å²) in [6, 6.07) is 4.24. The first kappa shape index (κ1) is 16.6. The number of carbonyl (C=O) groups is 2. The summed E-state index contributed by atoms with van der Waals surface area (Å²) >= 11 is 0. The predicted molar refractivity (Wildman–Crippen MR) is 90.9 cm³/mol. The highest BCUT2D eigenvalue weighted by Gasteiger charge is 2.34. The Morgan fingerprint density at radius 3 is 2.58 bits per heavy atom. The molecule has 3 rings (SSSR count). The number of aryl methyl sites for hydroxylation is 2. The van der Waals surface area contributed by atoms with E-state index in [0.717, 1.165) is 40.5 Å². The topological polar surface area (TPSA) is 70.8 Å². The van der Waals surface area contributed by atoms with Crippen molar-refractivity contribution < 1.29 is 19.1 Å². The standard InChI is InChI=1S/C19H23NO4/c1-11-6-16-14(10-24-17(16)7-12(11)2)8-18(21)20(15-4-5-15)9-13(3)19(22)23/h6-7,10,13,15H,4-5,8-9H2,1-3H3,(H,22,23). The quantitative estimate of drug-likeness (QED) is 0.882. The summed E-state index contributed by atoms with van der Waals surface area (Å²) in [5, 5.41) is 10.1. The number of rotatable bonds is 6. The average molecular weight is 329 g/mol. The van der Waals surface area contributed by atoms with Gasteiger partial charge in [0, 0.05) is 23.5 Å². The van der Waals surface area contributed by atoms with Crippen molar-refractivity contribution >= 4 is 22.8 Å². The second kappa shape index (κ2) is 6.30. The predicted octanol–water partition coefficient (Wildman–Crippen LogP) is 3.30. The van der Waals surface area contributed by atoms with Crippen molar-refractivity contribution in [2.45, 2.75) is 46.1 Å². The third-order valence-electron chi connectivity index (χ3n) is 4.81. The largest absolute Gasteiger partial charge is 0.481 e. The Labute approximate surface area is 141 Å². The van der Waals surface area contributed by atoms with Gasteiger partial charge in [0.1, 0.15) is 5.58 Å². The van der Waals surface area contributed by atoms with E-state index in [9.17, 15) is 9.59 Å². The van der Waals surface area contributed by atoms with Crippen molar-refractivity contribution in [2.75, 3.05) is 6.54 Å². The Morgan fingerprint density at radius 1 is 1.29 bits per heavy atom. The summed E-state index contributed by atoms with van der Waals surface area (Å²) in [7, 11) is 0. The van der Waals surface area contributed by atoms with Gasteiger partial charge in [0.15, 0.2) is 0 Å². The van der Waals surface area contributed by atoms with Crippen LogP contribution in [0.2, 0.25) is 0 Å². The SMILES string of the molecule is Cc1cc2occ(CC(=O)N(CC(C)C(=O)O)C3CC3)c2cc1C. The summed E-state index contributed by atoms with van der Waals surface area (Å²) in [5.41, 5.74) is 3.98. The van der Waals surface area contributed by atoms with Gasteiger partial charge < -0.3 is 14.4 Å². The molecule has 1 aromatic carbocycles. The fourth-order valence-electron chi connectivity index (χ4n) is 2.95. The van der Waals surface area contributed by atoms with Gasteiger partial charge in [-0.2, -0.15) is 0 Å². The molecule has 0 saturated heterocycles. The zero-order valence-electron chi connectivity index (χ0n) is 14.3. The van der Waals surface area contributed by atoms with Gasteiger partial charge in [0.05, 0.1) is 18.6 Å². The lowest BCUT2D eigenvalue weighted by atomic mass is 10.0. The highest BCUT2D eigenvalue weighted by molar-refractivity contribution is 5.89. The molecule has 0 aliphatic heterocycles. The molecule has 24 heavy (non-hydrogen) atoms. The summed E-state index contributed by atoms with van der Waals surface area (Å²) in [6.45, 7) is 5.99. The van der Waals surface area contributed by atoms with Gasteiger partial charge >= 0.3 is 5.97 Å². The molecular formula is C19H23NO4. The van der Waals surface area contributed by atoms with Crippen molar-refractivity contribution in [1.82, 2.24) is 4.90 Å². The van der Waals surface area contributed by atoms with E-state index in [1.54, 1.807) is 18.1 Å². The van der Waals surface area contributed by atoms with E-state index >= 15 is 0 Å². The van der Waals surface area contributed by atoms with Crippen LogP contribution in [0.3, 0.4) is 0 Å². The molecule has 5 heteroatoms. The first-order valence-electron chi connectivity index (χ1n) is 8.36. The minimum absolute atomic E-state index is 0.0217. The third kappa shape index (κ3) is 3.30. The molecule has 1 amide bonds. The van der Waals surface area contributed by atoms with E-state index in [0.29, 0.717) is 0 Å². The summed E-state index contributed by atoms with van der Waals surface area (Å²) in [5.74, 6) is -1.44. The number of benzene rings is 1. The number of furan rings is 1.